The molecule has 0 unspecified atom stereocenters. The van der Waals surface area contributed by atoms with Crippen molar-refractivity contribution in [2.45, 2.75) is 18.9 Å². The van der Waals surface area contributed by atoms with Crippen molar-refractivity contribution in [3.63, 3.8) is 0 Å². The molecule has 0 atom stereocenters. The van der Waals surface area contributed by atoms with Crippen LogP contribution in [0.4, 0.5) is 0 Å². The SMILES string of the molecule is C#CCNCCN(CC=C)C1CC1. The van der Waals surface area contributed by atoms with Crippen LogP contribution in [0.1, 0.15) is 12.8 Å². The van der Waals surface area contributed by atoms with E-state index in [4.69, 9.17) is 6.42 Å². The van der Waals surface area contributed by atoms with Crippen LogP contribution in [0.15, 0.2) is 12.7 Å². The van der Waals surface area contributed by atoms with Crippen molar-refractivity contribution in [1.29, 1.82) is 0 Å². The lowest BCUT2D eigenvalue weighted by molar-refractivity contribution is 0.293. The van der Waals surface area contributed by atoms with Gasteiger partial charge in [0.05, 0.1) is 6.54 Å². The van der Waals surface area contributed by atoms with E-state index in [1.807, 2.05) is 6.08 Å². The summed E-state index contributed by atoms with van der Waals surface area (Å²) in [7, 11) is 0. The lowest BCUT2D eigenvalue weighted by atomic mass is 10.4. The minimum absolute atomic E-state index is 0.673. The van der Waals surface area contributed by atoms with E-state index in [0.717, 1.165) is 25.7 Å². The molecule has 0 bridgehead atoms. The van der Waals surface area contributed by atoms with Crippen LogP contribution >= 0.6 is 0 Å². The monoisotopic (exact) mass is 178 g/mol. The standard InChI is InChI=1S/C11H18N2/c1-3-7-12-8-10-13(9-4-2)11-5-6-11/h1,4,11-12H,2,5-10H2. The summed E-state index contributed by atoms with van der Waals surface area (Å²) in [5, 5.41) is 3.19. The van der Waals surface area contributed by atoms with Gasteiger partial charge in [0, 0.05) is 25.7 Å². The number of rotatable bonds is 7. The molecule has 2 heteroatoms. The van der Waals surface area contributed by atoms with Crippen LogP contribution in [-0.4, -0.2) is 37.1 Å². The first-order valence-electron chi connectivity index (χ1n) is 4.87. The predicted octanol–water partition coefficient (Wildman–Crippen LogP) is 0.860. The average Bonchev–Trinajstić information content (AvgIpc) is 2.93. The molecule has 1 N–H and O–H groups in total. The van der Waals surface area contributed by atoms with Gasteiger partial charge in [-0.25, -0.2) is 0 Å². The molecule has 0 radical (unpaired) electrons. The van der Waals surface area contributed by atoms with E-state index >= 15 is 0 Å². The number of hydrogen-bond donors (Lipinski definition) is 1. The highest BCUT2D eigenvalue weighted by Crippen LogP contribution is 2.25. The third-order valence-electron chi connectivity index (χ3n) is 2.23. The van der Waals surface area contributed by atoms with Gasteiger partial charge in [-0.3, -0.25) is 4.90 Å². The third-order valence-corrected chi connectivity index (χ3v) is 2.23. The summed E-state index contributed by atoms with van der Waals surface area (Å²) < 4.78 is 0. The highest BCUT2D eigenvalue weighted by molar-refractivity contribution is 4.89. The van der Waals surface area contributed by atoms with E-state index in [1.165, 1.54) is 12.8 Å². The van der Waals surface area contributed by atoms with E-state index in [0.29, 0.717) is 6.54 Å². The van der Waals surface area contributed by atoms with Gasteiger partial charge in [-0.1, -0.05) is 12.0 Å². The Morgan fingerprint density at radius 1 is 1.62 bits per heavy atom. The van der Waals surface area contributed by atoms with Crippen LogP contribution in [0.25, 0.3) is 0 Å². The zero-order valence-corrected chi connectivity index (χ0v) is 8.13. The summed E-state index contributed by atoms with van der Waals surface area (Å²) in [4.78, 5) is 2.45. The molecule has 0 heterocycles. The van der Waals surface area contributed by atoms with E-state index in [1.54, 1.807) is 0 Å². The Kier molecular flexibility index (Phi) is 4.59. The highest BCUT2D eigenvalue weighted by atomic mass is 15.2. The second-order valence-electron chi connectivity index (χ2n) is 3.40. The maximum Gasteiger partial charge on any atom is 0.0574 e. The molecule has 1 aliphatic carbocycles. The topological polar surface area (TPSA) is 15.3 Å². The van der Waals surface area contributed by atoms with Crippen molar-refractivity contribution < 1.29 is 0 Å². The van der Waals surface area contributed by atoms with Crippen molar-refractivity contribution in [3.05, 3.63) is 12.7 Å². The average molecular weight is 178 g/mol. The Morgan fingerprint density at radius 3 is 2.92 bits per heavy atom. The van der Waals surface area contributed by atoms with Crippen LogP contribution in [0.5, 0.6) is 0 Å². The van der Waals surface area contributed by atoms with Crippen LogP contribution in [0.3, 0.4) is 0 Å². The van der Waals surface area contributed by atoms with Gasteiger partial charge in [0.1, 0.15) is 0 Å². The number of hydrogen-bond acceptors (Lipinski definition) is 2. The first-order chi connectivity index (χ1) is 6.38. The first kappa shape index (κ1) is 10.3. The molecule has 0 aromatic carbocycles. The minimum Gasteiger partial charge on any atom is -0.305 e. The molecular formula is C11H18N2. The molecule has 0 aromatic heterocycles. The van der Waals surface area contributed by atoms with Crippen molar-refractivity contribution in [3.8, 4) is 12.3 Å². The van der Waals surface area contributed by atoms with Crippen LogP contribution in [0, 0.1) is 12.3 Å². The molecule has 0 saturated heterocycles. The molecule has 2 nitrogen and oxygen atoms in total. The van der Waals surface area contributed by atoms with Gasteiger partial charge < -0.3 is 5.32 Å². The molecule has 13 heavy (non-hydrogen) atoms. The molecule has 72 valence electrons. The van der Waals surface area contributed by atoms with Gasteiger partial charge in [-0.2, -0.15) is 0 Å². The summed E-state index contributed by atoms with van der Waals surface area (Å²) in [5.74, 6) is 2.57. The third kappa shape index (κ3) is 4.12. The summed E-state index contributed by atoms with van der Waals surface area (Å²) in [5.41, 5.74) is 0. The Labute approximate surface area is 81.0 Å². The fourth-order valence-corrected chi connectivity index (χ4v) is 1.41. The van der Waals surface area contributed by atoms with Crippen LogP contribution in [-0.2, 0) is 0 Å². The lowest BCUT2D eigenvalue weighted by Gasteiger charge is -2.19. The number of nitrogens with zero attached hydrogens (tertiary/aromatic N) is 1. The number of nitrogens with one attached hydrogen (secondary N) is 1. The summed E-state index contributed by atoms with van der Waals surface area (Å²) in [6, 6.07) is 0.811. The molecule has 1 aliphatic rings. The summed E-state index contributed by atoms with van der Waals surface area (Å²) in [6.45, 7) is 7.50. The number of terminal acetylenes is 1. The van der Waals surface area contributed by atoms with Crippen LogP contribution < -0.4 is 5.32 Å². The van der Waals surface area contributed by atoms with Crippen LogP contribution in [0.2, 0.25) is 0 Å². The molecule has 0 aromatic rings. The van der Waals surface area contributed by atoms with E-state index in [9.17, 15) is 0 Å². The van der Waals surface area contributed by atoms with Crippen molar-refractivity contribution in [1.82, 2.24) is 10.2 Å². The highest BCUT2D eigenvalue weighted by Gasteiger charge is 2.27. The zero-order chi connectivity index (χ0) is 9.52. The van der Waals surface area contributed by atoms with Gasteiger partial charge in [0.15, 0.2) is 0 Å². The molecule has 0 aliphatic heterocycles. The van der Waals surface area contributed by atoms with Gasteiger partial charge in [-0.05, 0) is 12.8 Å². The fraction of sp³-hybridized carbons (Fsp3) is 0.636. The quantitative estimate of drug-likeness (QED) is 0.353. The smallest absolute Gasteiger partial charge is 0.0574 e. The first-order valence-corrected chi connectivity index (χ1v) is 4.87. The maximum absolute atomic E-state index is 5.13. The molecule has 0 amide bonds. The van der Waals surface area contributed by atoms with E-state index in [2.05, 4.69) is 22.7 Å². The Bertz CT molecular complexity index is 189. The molecule has 1 rings (SSSR count). The Hall–Kier alpha value is -0.780. The predicted molar refractivity (Wildman–Crippen MR) is 56.5 cm³/mol. The zero-order valence-electron chi connectivity index (χ0n) is 8.13. The summed E-state index contributed by atoms with van der Waals surface area (Å²) >= 11 is 0. The van der Waals surface area contributed by atoms with Crippen molar-refractivity contribution in [2.24, 2.45) is 0 Å². The van der Waals surface area contributed by atoms with Gasteiger partial charge in [0.2, 0.25) is 0 Å². The lowest BCUT2D eigenvalue weighted by Crippen LogP contribution is -2.34. The van der Waals surface area contributed by atoms with Crippen molar-refractivity contribution >= 4 is 0 Å². The van der Waals surface area contributed by atoms with Gasteiger partial charge >= 0.3 is 0 Å². The normalized spacial score (nSPS) is 15.7. The van der Waals surface area contributed by atoms with E-state index in [-0.39, 0.29) is 0 Å². The largest absolute Gasteiger partial charge is 0.305 e. The molecular weight excluding hydrogens is 160 g/mol. The summed E-state index contributed by atoms with van der Waals surface area (Å²) in [6.07, 6.45) is 9.81. The van der Waals surface area contributed by atoms with Gasteiger partial charge in [0.25, 0.3) is 0 Å². The van der Waals surface area contributed by atoms with Crippen molar-refractivity contribution in [2.75, 3.05) is 26.2 Å². The second kappa shape index (κ2) is 5.80. The minimum atomic E-state index is 0.673. The molecule has 1 saturated carbocycles. The fourth-order valence-electron chi connectivity index (χ4n) is 1.41. The van der Waals surface area contributed by atoms with E-state index < -0.39 is 0 Å². The molecule has 1 fully saturated rings. The maximum atomic E-state index is 5.13. The molecule has 0 spiro atoms. The second-order valence-corrected chi connectivity index (χ2v) is 3.40. The Balaban J connectivity index is 2.08. The Morgan fingerprint density at radius 2 is 2.38 bits per heavy atom. The van der Waals surface area contributed by atoms with Gasteiger partial charge in [-0.15, -0.1) is 13.0 Å².